The summed E-state index contributed by atoms with van der Waals surface area (Å²) < 4.78 is 18.7. The topological polar surface area (TPSA) is 73.9 Å². The van der Waals surface area contributed by atoms with Gasteiger partial charge >= 0.3 is 0 Å². The molecular formula is C18H27FN4O3. The fraction of sp³-hybridized carbons (Fsp3) is 0.556. The molecule has 7 nitrogen and oxygen atoms in total. The Bertz CT molecular complexity index is 618. The molecule has 26 heavy (non-hydrogen) atoms. The van der Waals surface area contributed by atoms with E-state index < -0.39 is 0 Å². The first-order valence-corrected chi connectivity index (χ1v) is 8.76. The Balaban J connectivity index is 1.67. The summed E-state index contributed by atoms with van der Waals surface area (Å²) in [5, 5.41) is 5.43. The molecule has 1 saturated heterocycles. The van der Waals surface area contributed by atoms with Gasteiger partial charge in [0.25, 0.3) is 0 Å². The van der Waals surface area contributed by atoms with Crippen molar-refractivity contribution in [3.63, 3.8) is 0 Å². The van der Waals surface area contributed by atoms with E-state index in [1.54, 1.807) is 6.07 Å². The van der Waals surface area contributed by atoms with Crippen molar-refractivity contribution in [1.82, 2.24) is 20.4 Å². The maximum Gasteiger partial charge on any atom is 0.234 e. The summed E-state index contributed by atoms with van der Waals surface area (Å²) in [6.45, 7) is 6.58. The number of benzene rings is 1. The fourth-order valence-electron chi connectivity index (χ4n) is 2.87. The zero-order valence-electron chi connectivity index (χ0n) is 15.4. The second kappa shape index (κ2) is 10.1. The Morgan fingerprint density at radius 2 is 1.77 bits per heavy atom. The Hall–Kier alpha value is -2.19. The van der Waals surface area contributed by atoms with Crippen LogP contribution in [0.1, 0.15) is 12.5 Å². The van der Waals surface area contributed by atoms with Gasteiger partial charge in [0.2, 0.25) is 11.8 Å². The third kappa shape index (κ3) is 6.61. The first-order valence-electron chi connectivity index (χ1n) is 8.76. The maximum absolute atomic E-state index is 13.8. The number of methoxy groups -OCH3 is 1. The Morgan fingerprint density at radius 3 is 2.38 bits per heavy atom. The largest absolute Gasteiger partial charge is 0.494 e. The predicted octanol–water partition coefficient (Wildman–Crippen LogP) is 0.204. The molecule has 0 saturated carbocycles. The van der Waals surface area contributed by atoms with Crippen LogP contribution >= 0.6 is 0 Å². The third-order valence-electron chi connectivity index (χ3n) is 4.28. The molecule has 1 fully saturated rings. The number of nitrogens with one attached hydrogen (secondary N) is 2. The van der Waals surface area contributed by atoms with Crippen LogP contribution in [0.3, 0.4) is 0 Å². The van der Waals surface area contributed by atoms with Gasteiger partial charge in [0, 0.05) is 52.7 Å². The van der Waals surface area contributed by atoms with Crippen LogP contribution in [0.25, 0.3) is 0 Å². The lowest BCUT2D eigenvalue weighted by Gasteiger charge is -2.34. The summed E-state index contributed by atoms with van der Waals surface area (Å²) in [7, 11) is 1.45. The first-order chi connectivity index (χ1) is 12.5. The highest BCUT2D eigenvalue weighted by Crippen LogP contribution is 2.19. The Morgan fingerprint density at radius 1 is 1.12 bits per heavy atom. The number of carbonyl (C=O) groups is 2. The van der Waals surface area contributed by atoms with E-state index in [2.05, 4.69) is 20.4 Å². The number of hydrogen-bond acceptors (Lipinski definition) is 5. The summed E-state index contributed by atoms with van der Waals surface area (Å²) in [4.78, 5) is 27.0. The van der Waals surface area contributed by atoms with Crippen molar-refractivity contribution in [1.29, 1.82) is 0 Å². The van der Waals surface area contributed by atoms with E-state index in [1.807, 2.05) is 6.07 Å². The van der Waals surface area contributed by atoms with Crippen LogP contribution < -0.4 is 15.4 Å². The lowest BCUT2D eigenvalue weighted by Crippen LogP contribution is -2.49. The number of amides is 2. The highest BCUT2D eigenvalue weighted by Gasteiger charge is 2.19. The van der Waals surface area contributed by atoms with Crippen LogP contribution in [0.2, 0.25) is 0 Å². The van der Waals surface area contributed by atoms with Crippen molar-refractivity contribution in [2.45, 2.75) is 13.5 Å². The van der Waals surface area contributed by atoms with Crippen LogP contribution in [0.4, 0.5) is 4.39 Å². The van der Waals surface area contributed by atoms with Crippen LogP contribution in [0.5, 0.6) is 5.75 Å². The molecule has 0 unspecified atom stereocenters. The average Bonchev–Trinajstić information content (AvgIpc) is 2.60. The van der Waals surface area contributed by atoms with Crippen LogP contribution in [0, 0.1) is 5.82 Å². The number of rotatable bonds is 8. The van der Waals surface area contributed by atoms with Gasteiger partial charge in [-0.15, -0.1) is 0 Å². The normalized spacial score (nSPS) is 15.5. The van der Waals surface area contributed by atoms with E-state index in [4.69, 9.17) is 4.74 Å². The van der Waals surface area contributed by atoms with Crippen molar-refractivity contribution < 1.29 is 18.7 Å². The van der Waals surface area contributed by atoms with Crippen molar-refractivity contribution in [3.8, 4) is 5.75 Å². The molecule has 2 N–H and O–H groups in total. The van der Waals surface area contributed by atoms with Gasteiger partial charge in [-0.25, -0.2) is 4.39 Å². The number of piperazine rings is 1. The molecule has 0 aromatic heterocycles. The summed E-state index contributed by atoms with van der Waals surface area (Å²) in [5.41, 5.74) is 0.910. The molecule has 2 rings (SSSR count). The molecule has 0 aliphatic carbocycles. The van der Waals surface area contributed by atoms with Gasteiger partial charge in [0.05, 0.1) is 13.7 Å². The van der Waals surface area contributed by atoms with E-state index in [1.165, 1.54) is 20.1 Å². The molecule has 1 aromatic carbocycles. The van der Waals surface area contributed by atoms with Gasteiger partial charge in [-0.1, -0.05) is 6.07 Å². The van der Waals surface area contributed by atoms with E-state index in [0.717, 1.165) is 31.7 Å². The molecule has 1 heterocycles. The number of nitrogens with zero attached hydrogens (tertiary/aromatic N) is 2. The molecule has 1 aromatic rings. The Kier molecular flexibility index (Phi) is 7.80. The van der Waals surface area contributed by atoms with Gasteiger partial charge in [-0.3, -0.25) is 19.4 Å². The molecule has 8 heteroatoms. The Labute approximate surface area is 153 Å². The van der Waals surface area contributed by atoms with E-state index >= 15 is 0 Å². The van der Waals surface area contributed by atoms with Crippen molar-refractivity contribution in [2.24, 2.45) is 0 Å². The van der Waals surface area contributed by atoms with E-state index in [0.29, 0.717) is 26.2 Å². The van der Waals surface area contributed by atoms with Crippen molar-refractivity contribution in [3.05, 3.63) is 29.6 Å². The van der Waals surface area contributed by atoms with E-state index in [-0.39, 0.29) is 23.4 Å². The number of carbonyl (C=O) groups excluding carboxylic acids is 2. The molecule has 0 spiro atoms. The highest BCUT2D eigenvalue weighted by molar-refractivity contribution is 5.78. The minimum absolute atomic E-state index is 0.0407. The van der Waals surface area contributed by atoms with Crippen LogP contribution in [-0.4, -0.2) is 74.5 Å². The minimum atomic E-state index is -0.348. The zero-order valence-corrected chi connectivity index (χ0v) is 15.4. The maximum atomic E-state index is 13.8. The molecule has 1 aliphatic rings. The van der Waals surface area contributed by atoms with Gasteiger partial charge < -0.3 is 15.4 Å². The SMILES string of the molecule is COc1ccc(CN2CCN(CC(=O)NCCNC(C)=O)CC2)cc1F. The minimum Gasteiger partial charge on any atom is -0.494 e. The summed E-state index contributed by atoms with van der Waals surface area (Å²) >= 11 is 0. The second-order valence-corrected chi connectivity index (χ2v) is 6.35. The first kappa shape index (κ1) is 20.1. The monoisotopic (exact) mass is 366 g/mol. The average molecular weight is 366 g/mol. The van der Waals surface area contributed by atoms with E-state index in [9.17, 15) is 14.0 Å². The molecule has 144 valence electrons. The fourth-order valence-corrected chi connectivity index (χ4v) is 2.87. The van der Waals surface area contributed by atoms with Crippen LogP contribution in [-0.2, 0) is 16.1 Å². The summed E-state index contributed by atoms with van der Waals surface area (Å²) in [6, 6.07) is 5.02. The zero-order chi connectivity index (χ0) is 18.9. The number of ether oxygens (including phenoxy) is 1. The van der Waals surface area contributed by atoms with Gasteiger partial charge in [0.1, 0.15) is 0 Å². The molecular weight excluding hydrogens is 339 g/mol. The molecule has 2 amide bonds. The molecule has 0 radical (unpaired) electrons. The number of halogens is 1. The van der Waals surface area contributed by atoms with Gasteiger partial charge in [-0.05, 0) is 17.7 Å². The molecule has 0 bridgehead atoms. The lowest BCUT2D eigenvalue weighted by atomic mass is 10.2. The molecule has 0 atom stereocenters. The standard InChI is InChI=1S/C18H27FN4O3/c1-14(24)20-5-6-21-18(25)13-23-9-7-22(8-10-23)12-15-3-4-17(26-2)16(19)11-15/h3-4,11H,5-10,12-13H2,1-2H3,(H,20,24)(H,21,25). The summed E-state index contributed by atoms with van der Waals surface area (Å²) in [5.74, 6) is -0.240. The number of hydrogen-bond donors (Lipinski definition) is 2. The lowest BCUT2D eigenvalue weighted by molar-refractivity contribution is -0.123. The predicted molar refractivity (Wildman–Crippen MR) is 96.4 cm³/mol. The van der Waals surface area contributed by atoms with Crippen molar-refractivity contribution in [2.75, 3.05) is 52.9 Å². The highest BCUT2D eigenvalue weighted by atomic mass is 19.1. The van der Waals surface area contributed by atoms with Gasteiger partial charge in [-0.2, -0.15) is 0 Å². The summed E-state index contributed by atoms with van der Waals surface area (Å²) in [6.07, 6.45) is 0. The second-order valence-electron chi connectivity index (χ2n) is 6.35. The smallest absolute Gasteiger partial charge is 0.234 e. The third-order valence-corrected chi connectivity index (χ3v) is 4.28. The van der Waals surface area contributed by atoms with Crippen LogP contribution in [0.15, 0.2) is 18.2 Å². The van der Waals surface area contributed by atoms with Gasteiger partial charge in [0.15, 0.2) is 11.6 Å². The quantitative estimate of drug-likeness (QED) is 0.643. The van der Waals surface area contributed by atoms with Crippen molar-refractivity contribution >= 4 is 11.8 Å². The molecule has 1 aliphatic heterocycles.